The molecule has 1 N–H and O–H groups in total. The zero-order chi connectivity index (χ0) is 11.1. The van der Waals surface area contributed by atoms with E-state index in [9.17, 15) is 4.79 Å². The normalized spacial score (nSPS) is 25.5. The molecule has 1 aliphatic heterocycles. The van der Waals surface area contributed by atoms with E-state index >= 15 is 0 Å². The van der Waals surface area contributed by atoms with Crippen molar-refractivity contribution in [2.75, 3.05) is 7.05 Å². The highest BCUT2D eigenvalue weighted by molar-refractivity contribution is 6.26. The van der Waals surface area contributed by atoms with Gasteiger partial charge in [0, 0.05) is 23.6 Å². The van der Waals surface area contributed by atoms with E-state index in [4.69, 9.17) is 0 Å². The Kier molecular flexibility index (Phi) is 2.11. The monoisotopic (exact) mass is 202 g/mol. The molecule has 0 bridgehead atoms. The van der Waals surface area contributed by atoms with Gasteiger partial charge in [0.15, 0.2) is 0 Å². The molecule has 1 fully saturated rings. The van der Waals surface area contributed by atoms with Crippen LogP contribution in [-0.4, -0.2) is 18.8 Å². The van der Waals surface area contributed by atoms with Gasteiger partial charge in [-0.1, -0.05) is 38.2 Å². The second-order valence-electron chi connectivity index (χ2n) is 4.35. The number of fused-ring (bicyclic) bond motifs is 1. The first-order valence-electron chi connectivity index (χ1n) is 4.95. The summed E-state index contributed by atoms with van der Waals surface area (Å²) >= 11 is 0. The van der Waals surface area contributed by atoms with Gasteiger partial charge in [0.25, 0.3) is 5.91 Å². The van der Waals surface area contributed by atoms with Crippen molar-refractivity contribution in [1.29, 1.82) is 0 Å². The molecule has 0 atom stereocenters. The highest BCUT2D eigenvalue weighted by atomic mass is 16.2. The molecule has 0 spiro atoms. The standard InChI is InChI=1S/C12H14N2O/c1-12(2)6-4-5-8-9(7-12)11(15)14-10(8)13-3/h4-7H,1-3H3,(H,13,14,15). The van der Waals surface area contributed by atoms with Crippen molar-refractivity contribution in [3.63, 3.8) is 0 Å². The third kappa shape index (κ3) is 1.65. The SMILES string of the molecule is CN=C1NC(=O)C2=CC(C)(C)C=CC=C21. The summed E-state index contributed by atoms with van der Waals surface area (Å²) in [5.41, 5.74) is 1.53. The van der Waals surface area contributed by atoms with Gasteiger partial charge >= 0.3 is 0 Å². The predicted molar refractivity (Wildman–Crippen MR) is 60.6 cm³/mol. The minimum absolute atomic E-state index is 0.0568. The van der Waals surface area contributed by atoms with E-state index in [1.165, 1.54) is 0 Å². The summed E-state index contributed by atoms with van der Waals surface area (Å²) in [5.74, 6) is 0.604. The fraction of sp³-hybridized carbons (Fsp3) is 0.333. The number of amides is 1. The van der Waals surface area contributed by atoms with Crippen LogP contribution in [-0.2, 0) is 4.79 Å². The number of amidine groups is 1. The van der Waals surface area contributed by atoms with Gasteiger partial charge in [-0.15, -0.1) is 0 Å². The van der Waals surface area contributed by atoms with Crippen molar-refractivity contribution in [3.8, 4) is 0 Å². The Hall–Kier alpha value is -1.64. The summed E-state index contributed by atoms with van der Waals surface area (Å²) in [6.07, 6.45) is 7.97. The molecule has 0 aromatic carbocycles. The van der Waals surface area contributed by atoms with Crippen LogP contribution in [0.1, 0.15) is 13.8 Å². The molecule has 0 saturated carbocycles. The van der Waals surface area contributed by atoms with Crippen molar-refractivity contribution >= 4 is 11.7 Å². The molecule has 78 valence electrons. The van der Waals surface area contributed by atoms with E-state index in [0.717, 1.165) is 11.1 Å². The molecule has 15 heavy (non-hydrogen) atoms. The van der Waals surface area contributed by atoms with Crippen LogP contribution in [0, 0.1) is 5.41 Å². The van der Waals surface area contributed by atoms with Crippen LogP contribution in [0.4, 0.5) is 0 Å². The van der Waals surface area contributed by atoms with Crippen LogP contribution in [0.25, 0.3) is 0 Å². The van der Waals surface area contributed by atoms with Crippen LogP contribution < -0.4 is 5.32 Å². The number of nitrogens with one attached hydrogen (secondary N) is 1. The van der Waals surface area contributed by atoms with Crippen LogP contribution in [0.3, 0.4) is 0 Å². The number of hydrogen-bond acceptors (Lipinski definition) is 2. The molecular formula is C12H14N2O. The van der Waals surface area contributed by atoms with E-state index in [2.05, 4.69) is 30.2 Å². The second kappa shape index (κ2) is 3.19. The predicted octanol–water partition coefficient (Wildman–Crippen LogP) is 1.59. The van der Waals surface area contributed by atoms with Crippen molar-refractivity contribution in [3.05, 3.63) is 35.5 Å². The molecule has 1 saturated heterocycles. The molecule has 0 aromatic rings. The van der Waals surface area contributed by atoms with Crippen molar-refractivity contribution in [2.24, 2.45) is 10.4 Å². The number of aliphatic imine (C=N–C) groups is 1. The van der Waals surface area contributed by atoms with Crippen LogP contribution >= 0.6 is 0 Å². The molecule has 1 amide bonds. The Balaban J connectivity index is 2.57. The molecule has 3 nitrogen and oxygen atoms in total. The molecule has 1 heterocycles. The third-order valence-corrected chi connectivity index (χ3v) is 2.55. The lowest BCUT2D eigenvalue weighted by Gasteiger charge is -2.13. The quantitative estimate of drug-likeness (QED) is 0.636. The van der Waals surface area contributed by atoms with Gasteiger partial charge in [-0.05, 0) is 0 Å². The summed E-state index contributed by atoms with van der Waals surface area (Å²) in [7, 11) is 1.68. The number of carbonyl (C=O) groups is 1. The lowest BCUT2D eigenvalue weighted by molar-refractivity contribution is -0.115. The lowest BCUT2D eigenvalue weighted by Crippen LogP contribution is -2.20. The Labute approximate surface area is 89.3 Å². The van der Waals surface area contributed by atoms with Gasteiger partial charge in [0.2, 0.25) is 0 Å². The number of rotatable bonds is 0. The van der Waals surface area contributed by atoms with Crippen LogP contribution in [0.2, 0.25) is 0 Å². The second-order valence-corrected chi connectivity index (χ2v) is 4.35. The third-order valence-electron chi connectivity index (χ3n) is 2.55. The zero-order valence-electron chi connectivity index (χ0n) is 9.16. The van der Waals surface area contributed by atoms with E-state index in [1.54, 1.807) is 7.05 Å². The maximum Gasteiger partial charge on any atom is 0.257 e. The fourth-order valence-corrected chi connectivity index (χ4v) is 1.79. The average molecular weight is 202 g/mol. The molecule has 1 aliphatic carbocycles. The van der Waals surface area contributed by atoms with Gasteiger partial charge in [0.05, 0.1) is 0 Å². The lowest BCUT2D eigenvalue weighted by atomic mass is 9.90. The van der Waals surface area contributed by atoms with Gasteiger partial charge in [-0.2, -0.15) is 0 Å². The van der Waals surface area contributed by atoms with Crippen LogP contribution in [0.15, 0.2) is 40.4 Å². The number of hydrogen-bond donors (Lipinski definition) is 1. The van der Waals surface area contributed by atoms with E-state index in [0.29, 0.717) is 5.84 Å². The maximum atomic E-state index is 11.7. The average Bonchev–Trinajstić information content (AvgIpc) is 2.36. The fourth-order valence-electron chi connectivity index (χ4n) is 1.79. The molecule has 0 unspecified atom stereocenters. The summed E-state index contributed by atoms with van der Waals surface area (Å²) in [6, 6.07) is 0. The summed E-state index contributed by atoms with van der Waals surface area (Å²) < 4.78 is 0. The topological polar surface area (TPSA) is 41.5 Å². The Bertz CT molecular complexity index is 437. The molecular weight excluding hydrogens is 188 g/mol. The highest BCUT2D eigenvalue weighted by Crippen LogP contribution is 2.30. The minimum atomic E-state index is -0.0892. The molecule has 0 aromatic heterocycles. The maximum absolute atomic E-state index is 11.7. The first-order chi connectivity index (χ1) is 7.03. The van der Waals surface area contributed by atoms with Crippen molar-refractivity contribution < 1.29 is 4.79 Å². The number of allylic oxidation sites excluding steroid dienone is 4. The largest absolute Gasteiger partial charge is 0.306 e. The van der Waals surface area contributed by atoms with Gasteiger partial charge < -0.3 is 5.32 Å². The van der Waals surface area contributed by atoms with Gasteiger partial charge in [-0.25, -0.2) is 0 Å². The Morgan fingerprint density at radius 3 is 2.73 bits per heavy atom. The van der Waals surface area contributed by atoms with Gasteiger partial charge in [-0.3, -0.25) is 9.79 Å². The van der Waals surface area contributed by atoms with Crippen molar-refractivity contribution in [2.45, 2.75) is 13.8 Å². The zero-order valence-corrected chi connectivity index (χ0v) is 9.16. The van der Waals surface area contributed by atoms with E-state index < -0.39 is 0 Å². The van der Waals surface area contributed by atoms with Crippen molar-refractivity contribution in [1.82, 2.24) is 5.32 Å². The summed E-state index contributed by atoms with van der Waals surface area (Å²) in [6.45, 7) is 4.14. The molecule has 3 heteroatoms. The molecule has 2 aliphatic rings. The number of carbonyl (C=O) groups excluding carboxylic acids is 1. The number of nitrogens with zero attached hydrogens (tertiary/aromatic N) is 1. The van der Waals surface area contributed by atoms with E-state index in [1.807, 2.05) is 18.2 Å². The minimum Gasteiger partial charge on any atom is -0.306 e. The first-order valence-corrected chi connectivity index (χ1v) is 4.95. The summed E-state index contributed by atoms with van der Waals surface area (Å²) in [5, 5.41) is 2.75. The van der Waals surface area contributed by atoms with E-state index in [-0.39, 0.29) is 11.3 Å². The highest BCUT2D eigenvalue weighted by Gasteiger charge is 2.30. The Morgan fingerprint density at radius 1 is 1.33 bits per heavy atom. The summed E-state index contributed by atoms with van der Waals surface area (Å²) in [4.78, 5) is 15.7. The Morgan fingerprint density at radius 2 is 2.07 bits per heavy atom. The van der Waals surface area contributed by atoms with Gasteiger partial charge in [0.1, 0.15) is 5.84 Å². The smallest absolute Gasteiger partial charge is 0.257 e. The molecule has 2 rings (SSSR count). The molecule has 0 radical (unpaired) electrons. The first kappa shape index (κ1) is 9.90. The van der Waals surface area contributed by atoms with Crippen LogP contribution in [0.5, 0.6) is 0 Å².